The van der Waals surface area contributed by atoms with E-state index < -0.39 is 0 Å². The van der Waals surface area contributed by atoms with Gasteiger partial charge < -0.3 is 15.7 Å². The molecule has 28 heavy (non-hydrogen) atoms. The van der Waals surface area contributed by atoms with E-state index in [-0.39, 0.29) is 18.6 Å². The van der Waals surface area contributed by atoms with Gasteiger partial charge in [0.2, 0.25) is 5.91 Å². The van der Waals surface area contributed by atoms with E-state index >= 15 is 0 Å². The zero-order valence-electron chi connectivity index (χ0n) is 15.2. The molecule has 146 valence electrons. The Kier molecular flexibility index (Phi) is 5.40. The molecule has 0 atom stereocenters. The fourth-order valence-electron chi connectivity index (χ4n) is 3.30. The smallest absolute Gasteiger partial charge is 0.243 e. The molecule has 1 amide bonds. The van der Waals surface area contributed by atoms with Crippen molar-refractivity contribution in [2.45, 2.75) is 38.2 Å². The lowest BCUT2D eigenvalue weighted by Gasteiger charge is -2.17. The van der Waals surface area contributed by atoms with Crippen LogP contribution in [0, 0.1) is 0 Å². The molecule has 5 rings (SSSR count). The van der Waals surface area contributed by atoms with Crippen LogP contribution in [-0.4, -0.2) is 43.2 Å². The van der Waals surface area contributed by atoms with Gasteiger partial charge in [-0.25, -0.2) is 14.5 Å². The highest BCUT2D eigenvalue weighted by Crippen LogP contribution is 2.28. The molecular formula is C19H21ClN6O2. The van der Waals surface area contributed by atoms with Gasteiger partial charge in [-0.05, 0) is 25.0 Å². The first kappa shape index (κ1) is 18.6. The first-order valence-electron chi connectivity index (χ1n) is 9.32. The van der Waals surface area contributed by atoms with Crippen LogP contribution in [0.5, 0.6) is 0 Å². The van der Waals surface area contributed by atoms with Crippen molar-refractivity contribution in [3.8, 4) is 11.4 Å². The van der Waals surface area contributed by atoms with Crippen LogP contribution in [0.2, 0.25) is 5.02 Å². The fourth-order valence-corrected chi connectivity index (χ4v) is 3.46. The molecule has 8 nitrogen and oxygen atoms in total. The van der Waals surface area contributed by atoms with Crippen LogP contribution in [0.1, 0.15) is 32.1 Å². The Bertz CT molecular complexity index is 999. The predicted octanol–water partition coefficient (Wildman–Crippen LogP) is 3.12. The van der Waals surface area contributed by atoms with E-state index in [0.29, 0.717) is 22.4 Å². The monoisotopic (exact) mass is 400 g/mol. The Labute approximate surface area is 167 Å². The Morgan fingerprint density at radius 2 is 2.04 bits per heavy atom. The average Bonchev–Trinajstić information content (AvgIpc) is 3.12. The lowest BCUT2D eigenvalue weighted by Crippen LogP contribution is -2.28. The van der Waals surface area contributed by atoms with Gasteiger partial charge in [-0.15, -0.1) is 0 Å². The molecular weight excluding hydrogens is 380 g/mol. The van der Waals surface area contributed by atoms with Gasteiger partial charge in [0.05, 0.1) is 36.1 Å². The summed E-state index contributed by atoms with van der Waals surface area (Å²) in [6.07, 6.45) is 11.0. The van der Waals surface area contributed by atoms with Crippen molar-refractivity contribution < 1.29 is 9.90 Å². The third kappa shape index (κ3) is 4.07. The third-order valence-corrected chi connectivity index (χ3v) is 5.01. The number of hydrogen-bond donors (Lipinski definition) is 3. The number of rotatable bonds is 1. The first-order valence-corrected chi connectivity index (χ1v) is 9.70. The van der Waals surface area contributed by atoms with E-state index in [2.05, 4.69) is 25.7 Å². The summed E-state index contributed by atoms with van der Waals surface area (Å²) in [4.78, 5) is 20.0. The van der Waals surface area contributed by atoms with Crippen molar-refractivity contribution in [3.63, 3.8) is 0 Å². The number of nitrogens with zero attached hydrogens (tertiary/aromatic N) is 4. The second-order valence-electron chi connectivity index (χ2n) is 6.88. The SMILES string of the molecule is O=C1CNc2nc(-c3cnn4ccc(Cl)cc34)ncc2N1.OC1CCCCC1. The Hall–Kier alpha value is -2.71. The maximum Gasteiger partial charge on any atom is 0.243 e. The highest BCUT2D eigenvalue weighted by Gasteiger charge is 2.18. The standard InChI is InChI=1S/C13H9ClN6O.C6H12O/c14-7-1-2-20-10(3-7)8(4-17-20)12-15-5-9-13(19-12)16-6-11(21)18-9;7-6-4-2-1-3-5-6/h1-5H,6H2,(H,18,21)(H,15,16,19);6-7H,1-5H2. The van der Waals surface area contributed by atoms with Crippen molar-refractivity contribution in [2.24, 2.45) is 0 Å². The quantitative estimate of drug-likeness (QED) is 0.579. The minimum Gasteiger partial charge on any atom is -0.393 e. The van der Waals surface area contributed by atoms with Crippen LogP contribution >= 0.6 is 11.6 Å². The third-order valence-electron chi connectivity index (χ3n) is 4.78. The number of halogens is 1. The van der Waals surface area contributed by atoms with E-state index in [1.165, 1.54) is 19.3 Å². The topological polar surface area (TPSA) is 104 Å². The first-order chi connectivity index (χ1) is 13.6. The van der Waals surface area contributed by atoms with Gasteiger partial charge in [-0.2, -0.15) is 5.10 Å². The molecule has 0 bridgehead atoms. The molecule has 0 unspecified atom stereocenters. The predicted molar refractivity (Wildman–Crippen MR) is 107 cm³/mol. The maximum absolute atomic E-state index is 11.3. The fraction of sp³-hybridized carbons (Fsp3) is 0.368. The molecule has 3 N–H and O–H groups in total. The normalized spacial score (nSPS) is 16.6. The molecule has 4 heterocycles. The summed E-state index contributed by atoms with van der Waals surface area (Å²) < 4.78 is 1.71. The summed E-state index contributed by atoms with van der Waals surface area (Å²) in [7, 11) is 0. The summed E-state index contributed by atoms with van der Waals surface area (Å²) in [5.41, 5.74) is 2.17. The summed E-state index contributed by atoms with van der Waals surface area (Å²) in [6, 6.07) is 3.57. The lowest BCUT2D eigenvalue weighted by molar-refractivity contribution is -0.114. The van der Waals surface area contributed by atoms with Gasteiger partial charge in [-0.1, -0.05) is 30.9 Å². The van der Waals surface area contributed by atoms with Crippen LogP contribution < -0.4 is 10.6 Å². The number of fused-ring (bicyclic) bond motifs is 2. The van der Waals surface area contributed by atoms with Crippen LogP contribution in [0.25, 0.3) is 16.9 Å². The summed E-state index contributed by atoms with van der Waals surface area (Å²) in [5.74, 6) is 1.01. The highest BCUT2D eigenvalue weighted by molar-refractivity contribution is 6.31. The van der Waals surface area contributed by atoms with Crippen molar-refractivity contribution in [1.82, 2.24) is 19.6 Å². The van der Waals surface area contributed by atoms with Crippen molar-refractivity contribution in [2.75, 3.05) is 17.2 Å². The molecule has 2 aliphatic rings. The Morgan fingerprint density at radius 1 is 1.21 bits per heavy atom. The summed E-state index contributed by atoms with van der Waals surface area (Å²) >= 11 is 6.02. The molecule has 1 aliphatic heterocycles. The minimum absolute atomic E-state index is 0.0359. The molecule has 0 spiro atoms. The van der Waals surface area contributed by atoms with Crippen LogP contribution in [0.15, 0.2) is 30.7 Å². The molecule has 3 aromatic heterocycles. The number of hydrogen-bond acceptors (Lipinski definition) is 6. The van der Waals surface area contributed by atoms with E-state index in [1.54, 1.807) is 29.2 Å². The number of aromatic nitrogens is 4. The molecule has 9 heteroatoms. The van der Waals surface area contributed by atoms with Gasteiger partial charge in [0.25, 0.3) is 0 Å². The van der Waals surface area contributed by atoms with E-state index in [9.17, 15) is 4.79 Å². The zero-order valence-corrected chi connectivity index (χ0v) is 16.0. The second-order valence-corrected chi connectivity index (χ2v) is 7.32. The molecule has 1 fully saturated rings. The molecule has 3 aromatic rings. The maximum atomic E-state index is 11.3. The Balaban J connectivity index is 0.000000233. The molecule has 0 saturated heterocycles. The lowest BCUT2D eigenvalue weighted by atomic mass is 9.98. The summed E-state index contributed by atoms with van der Waals surface area (Å²) in [6.45, 7) is 0.198. The number of anilines is 2. The van der Waals surface area contributed by atoms with Crippen molar-refractivity contribution >= 4 is 34.5 Å². The molecule has 1 saturated carbocycles. The van der Waals surface area contributed by atoms with Gasteiger partial charge in [0.15, 0.2) is 11.6 Å². The van der Waals surface area contributed by atoms with Crippen molar-refractivity contribution in [1.29, 1.82) is 0 Å². The number of pyridine rings is 1. The largest absolute Gasteiger partial charge is 0.393 e. The number of aliphatic hydroxyl groups excluding tert-OH is 1. The number of carbonyl (C=O) groups excluding carboxylic acids is 1. The Morgan fingerprint density at radius 3 is 2.79 bits per heavy atom. The highest BCUT2D eigenvalue weighted by atomic mass is 35.5. The number of carbonyl (C=O) groups is 1. The van der Waals surface area contributed by atoms with E-state index in [0.717, 1.165) is 23.9 Å². The number of aliphatic hydroxyl groups is 1. The second kappa shape index (κ2) is 8.12. The van der Waals surface area contributed by atoms with E-state index in [1.807, 2.05) is 6.07 Å². The average molecular weight is 401 g/mol. The zero-order chi connectivity index (χ0) is 19.5. The van der Waals surface area contributed by atoms with Gasteiger partial charge in [-0.3, -0.25) is 4.79 Å². The number of nitrogens with one attached hydrogen (secondary N) is 2. The molecule has 0 radical (unpaired) electrons. The van der Waals surface area contributed by atoms with E-state index in [4.69, 9.17) is 16.7 Å². The van der Waals surface area contributed by atoms with Gasteiger partial charge >= 0.3 is 0 Å². The van der Waals surface area contributed by atoms with Gasteiger partial charge in [0, 0.05) is 11.2 Å². The minimum atomic E-state index is -0.110. The van der Waals surface area contributed by atoms with Crippen LogP contribution in [0.4, 0.5) is 11.5 Å². The molecule has 0 aromatic carbocycles. The molecule has 1 aliphatic carbocycles. The van der Waals surface area contributed by atoms with Crippen LogP contribution in [-0.2, 0) is 4.79 Å². The van der Waals surface area contributed by atoms with Gasteiger partial charge in [0.1, 0.15) is 5.69 Å². The van der Waals surface area contributed by atoms with Crippen LogP contribution in [0.3, 0.4) is 0 Å². The number of amides is 1. The van der Waals surface area contributed by atoms with Crippen molar-refractivity contribution in [3.05, 3.63) is 35.7 Å². The summed E-state index contributed by atoms with van der Waals surface area (Å²) in [5, 5.41) is 19.4.